The van der Waals surface area contributed by atoms with Gasteiger partial charge in [0.05, 0.1) is 25.7 Å². The maximum Gasteiger partial charge on any atom is 0.260 e. The summed E-state index contributed by atoms with van der Waals surface area (Å²) >= 11 is 1.66. The number of ether oxygens (including phenoxy) is 3. The molecule has 0 bridgehead atoms. The molecule has 0 radical (unpaired) electrons. The number of thiophene rings is 1. The molecule has 0 saturated heterocycles. The van der Waals surface area contributed by atoms with Crippen molar-refractivity contribution in [2.24, 2.45) is 5.92 Å². The van der Waals surface area contributed by atoms with Gasteiger partial charge in [-0.1, -0.05) is 19.1 Å². The Morgan fingerprint density at radius 3 is 2.80 bits per heavy atom. The maximum absolute atomic E-state index is 13.0. The van der Waals surface area contributed by atoms with Crippen LogP contribution >= 0.6 is 11.3 Å². The molecule has 182 valence electrons. The van der Waals surface area contributed by atoms with E-state index in [-0.39, 0.29) is 5.56 Å². The Morgan fingerprint density at radius 2 is 1.97 bits per heavy atom. The van der Waals surface area contributed by atoms with Gasteiger partial charge in [0.15, 0.2) is 11.5 Å². The van der Waals surface area contributed by atoms with E-state index < -0.39 is 0 Å². The summed E-state index contributed by atoms with van der Waals surface area (Å²) in [5, 5.41) is 0.764. The highest BCUT2D eigenvalue weighted by Crippen LogP contribution is 2.37. The number of hydrogen-bond donors (Lipinski definition) is 1. The molecule has 0 unspecified atom stereocenters. The van der Waals surface area contributed by atoms with Crippen LogP contribution in [0.25, 0.3) is 21.6 Å². The molecule has 2 aromatic carbocycles. The van der Waals surface area contributed by atoms with Crippen molar-refractivity contribution in [3.05, 3.63) is 68.8 Å². The van der Waals surface area contributed by atoms with Crippen molar-refractivity contribution in [3.63, 3.8) is 0 Å². The molecule has 0 spiro atoms. The van der Waals surface area contributed by atoms with Crippen LogP contribution in [-0.2, 0) is 12.8 Å². The second-order valence-corrected chi connectivity index (χ2v) is 10.3. The van der Waals surface area contributed by atoms with Gasteiger partial charge in [-0.25, -0.2) is 4.98 Å². The summed E-state index contributed by atoms with van der Waals surface area (Å²) in [6, 6.07) is 13.6. The van der Waals surface area contributed by atoms with Gasteiger partial charge in [-0.15, -0.1) is 11.3 Å². The van der Waals surface area contributed by atoms with Crippen LogP contribution < -0.4 is 19.8 Å². The van der Waals surface area contributed by atoms with E-state index in [1.807, 2.05) is 49.4 Å². The summed E-state index contributed by atoms with van der Waals surface area (Å²) < 4.78 is 17.3. The van der Waals surface area contributed by atoms with E-state index in [2.05, 4.69) is 11.9 Å². The van der Waals surface area contributed by atoms with Crippen molar-refractivity contribution < 1.29 is 14.2 Å². The van der Waals surface area contributed by atoms with Crippen LogP contribution in [0.15, 0.2) is 47.3 Å². The number of methoxy groups -OCH3 is 1. The van der Waals surface area contributed by atoms with Crippen LogP contribution in [0.5, 0.6) is 17.2 Å². The molecule has 2 heterocycles. The maximum atomic E-state index is 13.0. The quantitative estimate of drug-likeness (QED) is 0.309. The van der Waals surface area contributed by atoms with E-state index >= 15 is 0 Å². The summed E-state index contributed by atoms with van der Waals surface area (Å²) in [4.78, 5) is 22.9. The minimum absolute atomic E-state index is 0.0649. The van der Waals surface area contributed by atoms with E-state index in [0.29, 0.717) is 36.5 Å². The molecular formula is C28H30N2O4S. The second-order valence-electron chi connectivity index (χ2n) is 9.18. The summed E-state index contributed by atoms with van der Waals surface area (Å²) in [5.74, 6) is 3.32. The first-order valence-corrected chi connectivity index (χ1v) is 12.9. The van der Waals surface area contributed by atoms with Crippen LogP contribution in [0.4, 0.5) is 0 Å². The highest BCUT2D eigenvalue weighted by atomic mass is 32.1. The molecule has 1 atom stereocenters. The zero-order valence-electron chi connectivity index (χ0n) is 20.3. The lowest BCUT2D eigenvalue weighted by Crippen LogP contribution is -2.13. The van der Waals surface area contributed by atoms with E-state index in [1.54, 1.807) is 18.4 Å². The third kappa shape index (κ3) is 5.05. The van der Waals surface area contributed by atoms with Gasteiger partial charge in [0, 0.05) is 16.9 Å². The smallest absolute Gasteiger partial charge is 0.260 e. The molecule has 6 nitrogen and oxygen atoms in total. The van der Waals surface area contributed by atoms with Gasteiger partial charge < -0.3 is 19.2 Å². The molecule has 5 rings (SSSR count). The van der Waals surface area contributed by atoms with Crippen molar-refractivity contribution in [1.82, 2.24) is 9.97 Å². The Morgan fingerprint density at radius 1 is 1.11 bits per heavy atom. The molecule has 0 aliphatic heterocycles. The third-order valence-corrected chi connectivity index (χ3v) is 7.56. The molecule has 1 aliphatic rings. The number of H-pyrrole nitrogens is 1. The van der Waals surface area contributed by atoms with Crippen molar-refractivity contribution in [2.45, 2.75) is 39.5 Å². The van der Waals surface area contributed by atoms with Crippen LogP contribution in [-0.4, -0.2) is 30.3 Å². The summed E-state index contributed by atoms with van der Waals surface area (Å²) in [6.07, 6.45) is 3.85. The monoisotopic (exact) mass is 490 g/mol. The lowest BCUT2D eigenvalue weighted by molar-refractivity contribution is 0.240. The molecule has 2 aromatic heterocycles. The van der Waals surface area contributed by atoms with Gasteiger partial charge in [-0.2, -0.15) is 0 Å². The van der Waals surface area contributed by atoms with Crippen LogP contribution in [0.1, 0.15) is 35.8 Å². The lowest BCUT2D eigenvalue weighted by atomic mass is 9.89. The number of benzene rings is 2. The average Bonchev–Trinajstić information content (AvgIpc) is 3.21. The van der Waals surface area contributed by atoms with Crippen LogP contribution in [0, 0.1) is 12.8 Å². The van der Waals surface area contributed by atoms with Crippen molar-refractivity contribution in [1.29, 1.82) is 0 Å². The first-order chi connectivity index (χ1) is 17.0. The average molecular weight is 491 g/mol. The zero-order chi connectivity index (χ0) is 24.4. The van der Waals surface area contributed by atoms with Crippen LogP contribution in [0.3, 0.4) is 0 Å². The number of aromatic nitrogens is 2. The number of nitrogens with zero attached hydrogens (tertiary/aromatic N) is 1. The molecule has 1 aliphatic carbocycles. The number of hydrogen-bond acceptors (Lipinski definition) is 6. The minimum Gasteiger partial charge on any atom is -0.493 e. The Balaban J connectivity index is 1.28. The minimum atomic E-state index is -0.0649. The standard InChI is InChI=1S/C28H30N2O4S/c1-17-6-4-7-20(14-17)33-12-5-13-34-22-11-9-19(16-23(22)32-3)26-29-27(31)25-21-10-8-18(2)15-24(21)35-28(25)30-26/h4,6-7,9,11,14,16,18H,5,8,10,12-13,15H2,1-3H3,(H,29,30,31)/t18-/m1/s1. The number of fused-ring (bicyclic) bond motifs is 3. The molecule has 0 fully saturated rings. The summed E-state index contributed by atoms with van der Waals surface area (Å²) in [7, 11) is 1.61. The normalized spacial score (nSPS) is 15.1. The Kier molecular flexibility index (Phi) is 6.77. The SMILES string of the molecule is COc1cc(-c2nc3sc4c(c3c(=O)[nH]2)CC[C@@H](C)C4)ccc1OCCCOc1cccc(C)c1. The number of aryl methyl sites for hydroxylation is 2. The molecule has 0 saturated carbocycles. The van der Waals surface area contributed by atoms with E-state index in [0.717, 1.165) is 47.2 Å². The highest BCUT2D eigenvalue weighted by Gasteiger charge is 2.23. The Labute approximate surface area is 208 Å². The topological polar surface area (TPSA) is 73.4 Å². The predicted molar refractivity (Wildman–Crippen MR) is 140 cm³/mol. The Hall–Kier alpha value is -3.32. The molecule has 35 heavy (non-hydrogen) atoms. The Bertz CT molecular complexity index is 1410. The third-order valence-electron chi connectivity index (χ3n) is 6.41. The predicted octanol–water partition coefficient (Wildman–Crippen LogP) is 5.94. The van der Waals surface area contributed by atoms with E-state index in [4.69, 9.17) is 19.2 Å². The molecule has 1 N–H and O–H groups in total. The fourth-order valence-electron chi connectivity index (χ4n) is 4.56. The number of rotatable bonds is 8. The molecule has 7 heteroatoms. The van der Waals surface area contributed by atoms with Gasteiger partial charge in [-0.05, 0) is 73.6 Å². The van der Waals surface area contributed by atoms with Crippen molar-refractivity contribution >= 4 is 21.6 Å². The number of aromatic amines is 1. The van der Waals surface area contributed by atoms with Gasteiger partial charge in [0.1, 0.15) is 16.4 Å². The number of nitrogens with one attached hydrogen (secondary N) is 1. The van der Waals surface area contributed by atoms with Crippen molar-refractivity contribution in [3.8, 4) is 28.6 Å². The van der Waals surface area contributed by atoms with Gasteiger partial charge in [0.2, 0.25) is 0 Å². The zero-order valence-corrected chi connectivity index (χ0v) is 21.2. The fraction of sp³-hybridized carbons (Fsp3) is 0.357. The molecular weight excluding hydrogens is 460 g/mol. The highest BCUT2D eigenvalue weighted by molar-refractivity contribution is 7.18. The van der Waals surface area contributed by atoms with Crippen LogP contribution in [0.2, 0.25) is 0 Å². The van der Waals surface area contributed by atoms with Gasteiger partial charge >= 0.3 is 0 Å². The molecule has 0 amide bonds. The summed E-state index contributed by atoms with van der Waals surface area (Å²) in [5.41, 5.74) is 3.09. The first kappa shape index (κ1) is 23.4. The van der Waals surface area contributed by atoms with Crippen molar-refractivity contribution in [2.75, 3.05) is 20.3 Å². The van der Waals surface area contributed by atoms with E-state index in [9.17, 15) is 4.79 Å². The summed E-state index contributed by atoms with van der Waals surface area (Å²) in [6.45, 7) is 5.38. The molecule has 4 aromatic rings. The van der Waals surface area contributed by atoms with Gasteiger partial charge in [0.25, 0.3) is 5.56 Å². The second kappa shape index (κ2) is 10.1. The first-order valence-electron chi connectivity index (χ1n) is 12.1. The fourth-order valence-corrected chi connectivity index (χ4v) is 5.94. The largest absolute Gasteiger partial charge is 0.493 e. The van der Waals surface area contributed by atoms with Gasteiger partial charge in [-0.3, -0.25) is 4.79 Å². The lowest BCUT2D eigenvalue weighted by Gasteiger charge is -2.17. The van der Waals surface area contributed by atoms with E-state index in [1.165, 1.54) is 16.0 Å².